The molecule has 1 N–H and O–H groups in total. The maximum absolute atomic E-state index is 5.65. The zero-order valence-electron chi connectivity index (χ0n) is 13.5. The molecule has 1 aromatic carbocycles. The molecule has 0 radical (unpaired) electrons. The summed E-state index contributed by atoms with van der Waals surface area (Å²) in [6.07, 6.45) is 1.95. The van der Waals surface area contributed by atoms with Gasteiger partial charge >= 0.3 is 0 Å². The highest BCUT2D eigenvalue weighted by atomic mass is 16.5. The summed E-state index contributed by atoms with van der Waals surface area (Å²) in [5.41, 5.74) is 0.965. The third kappa shape index (κ3) is 4.32. The Hall–Kier alpha value is -2.34. The first-order valence-corrected chi connectivity index (χ1v) is 7.90. The lowest BCUT2D eigenvalue weighted by atomic mass is 10.3. The zero-order valence-corrected chi connectivity index (χ0v) is 13.5. The molecule has 6 heteroatoms. The molecular formula is C17H22N4O2. The van der Waals surface area contributed by atoms with Crippen LogP contribution in [0.5, 0.6) is 5.75 Å². The smallest absolute Gasteiger partial charge is 0.227 e. The van der Waals surface area contributed by atoms with Gasteiger partial charge in [-0.05, 0) is 44.2 Å². The molecule has 1 fully saturated rings. The number of hydrogen-bond donors (Lipinski definition) is 1. The van der Waals surface area contributed by atoms with E-state index in [1.807, 2.05) is 44.2 Å². The van der Waals surface area contributed by atoms with Gasteiger partial charge in [0.1, 0.15) is 11.6 Å². The highest BCUT2D eigenvalue weighted by molar-refractivity contribution is 5.58. The summed E-state index contributed by atoms with van der Waals surface area (Å²) in [5.74, 6) is 2.37. The molecule has 1 aliphatic rings. The molecule has 0 amide bonds. The molecule has 0 spiro atoms. The summed E-state index contributed by atoms with van der Waals surface area (Å²) in [7, 11) is 0. The number of benzene rings is 1. The number of nitrogens with one attached hydrogen (secondary N) is 1. The van der Waals surface area contributed by atoms with Crippen LogP contribution in [0.1, 0.15) is 13.8 Å². The Labute approximate surface area is 136 Å². The maximum Gasteiger partial charge on any atom is 0.227 e. The first kappa shape index (κ1) is 15.6. The maximum atomic E-state index is 5.65. The van der Waals surface area contributed by atoms with Crippen LogP contribution in [0.4, 0.5) is 17.5 Å². The van der Waals surface area contributed by atoms with Crippen LogP contribution in [0.25, 0.3) is 0 Å². The van der Waals surface area contributed by atoms with E-state index in [4.69, 9.17) is 9.47 Å². The predicted octanol–water partition coefficient (Wildman–Crippen LogP) is 2.84. The Kier molecular flexibility index (Phi) is 4.92. The largest absolute Gasteiger partial charge is 0.491 e. The minimum atomic E-state index is 0.173. The number of nitrogens with zero attached hydrogens (tertiary/aromatic N) is 3. The quantitative estimate of drug-likeness (QED) is 0.916. The molecule has 0 atom stereocenters. The lowest BCUT2D eigenvalue weighted by Crippen LogP contribution is -2.37. The second-order valence-electron chi connectivity index (χ2n) is 5.66. The Morgan fingerprint density at radius 3 is 2.57 bits per heavy atom. The minimum absolute atomic E-state index is 0.173. The summed E-state index contributed by atoms with van der Waals surface area (Å²) in [5, 5.41) is 3.30. The summed E-state index contributed by atoms with van der Waals surface area (Å²) in [4.78, 5) is 11.1. The first-order valence-electron chi connectivity index (χ1n) is 7.90. The van der Waals surface area contributed by atoms with Crippen molar-refractivity contribution in [2.45, 2.75) is 20.0 Å². The van der Waals surface area contributed by atoms with Crippen molar-refractivity contribution in [3.05, 3.63) is 36.5 Å². The van der Waals surface area contributed by atoms with E-state index in [0.29, 0.717) is 0 Å². The Morgan fingerprint density at radius 1 is 1.13 bits per heavy atom. The van der Waals surface area contributed by atoms with E-state index in [1.54, 1.807) is 6.20 Å². The summed E-state index contributed by atoms with van der Waals surface area (Å²) < 4.78 is 11.0. The number of morpholine rings is 1. The highest BCUT2D eigenvalue weighted by Gasteiger charge is 2.13. The molecule has 2 aromatic rings. The monoisotopic (exact) mass is 314 g/mol. The van der Waals surface area contributed by atoms with Crippen molar-refractivity contribution >= 4 is 17.5 Å². The van der Waals surface area contributed by atoms with Gasteiger partial charge in [0.25, 0.3) is 0 Å². The predicted molar refractivity (Wildman–Crippen MR) is 90.6 cm³/mol. The van der Waals surface area contributed by atoms with Crippen LogP contribution in [0, 0.1) is 0 Å². The van der Waals surface area contributed by atoms with E-state index in [9.17, 15) is 0 Å². The Morgan fingerprint density at radius 2 is 1.87 bits per heavy atom. The number of aromatic nitrogens is 2. The van der Waals surface area contributed by atoms with Gasteiger partial charge in [-0.25, -0.2) is 4.98 Å². The van der Waals surface area contributed by atoms with E-state index < -0.39 is 0 Å². The second kappa shape index (κ2) is 7.28. The number of rotatable bonds is 5. The molecule has 1 aliphatic heterocycles. The molecule has 23 heavy (non-hydrogen) atoms. The van der Waals surface area contributed by atoms with Crippen LogP contribution >= 0.6 is 0 Å². The average molecular weight is 314 g/mol. The molecule has 0 bridgehead atoms. The van der Waals surface area contributed by atoms with Gasteiger partial charge in [-0.3, -0.25) is 0 Å². The fraction of sp³-hybridized carbons (Fsp3) is 0.412. The fourth-order valence-electron chi connectivity index (χ4n) is 2.37. The molecule has 6 nitrogen and oxygen atoms in total. The van der Waals surface area contributed by atoms with Crippen molar-refractivity contribution in [3.63, 3.8) is 0 Å². The molecule has 3 rings (SSSR count). The van der Waals surface area contributed by atoms with E-state index in [0.717, 1.165) is 49.5 Å². The average Bonchev–Trinajstić information content (AvgIpc) is 2.57. The summed E-state index contributed by atoms with van der Waals surface area (Å²) >= 11 is 0. The molecule has 122 valence electrons. The Balaban J connectivity index is 1.67. The molecule has 1 aromatic heterocycles. The van der Waals surface area contributed by atoms with Crippen molar-refractivity contribution in [1.82, 2.24) is 9.97 Å². The van der Waals surface area contributed by atoms with Gasteiger partial charge in [0.15, 0.2) is 0 Å². The summed E-state index contributed by atoms with van der Waals surface area (Å²) in [6.45, 7) is 7.12. The van der Waals surface area contributed by atoms with Crippen molar-refractivity contribution < 1.29 is 9.47 Å². The van der Waals surface area contributed by atoms with Crippen LogP contribution in [-0.2, 0) is 4.74 Å². The standard InChI is InChI=1S/C17H22N4O2/c1-13(2)23-15-5-3-14(4-6-15)19-16-7-8-18-17(20-16)21-9-11-22-12-10-21/h3-8,13H,9-12H2,1-2H3,(H,18,19,20). The van der Waals surface area contributed by atoms with E-state index in [2.05, 4.69) is 20.2 Å². The number of anilines is 3. The van der Waals surface area contributed by atoms with Gasteiger partial charge in [0, 0.05) is 25.0 Å². The third-order valence-electron chi connectivity index (χ3n) is 3.44. The number of ether oxygens (including phenoxy) is 2. The topological polar surface area (TPSA) is 59.5 Å². The molecule has 0 saturated carbocycles. The molecule has 0 aliphatic carbocycles. The second-order valence-corrected chi connectivity index (χ2v) is 5.66. The van der Waals surface area contributed by atoms with Crippen LogP contribution in [0.3, 0.4) is 0 Å². The number of hydrogen-bond acceptors (Lipinski definition) is 6. The molecule has 2 heterocycles. The van der Waals surface area contributed by atoms with Gasteiger partial charge < -0.3 is 19.7 Å². The van der Waals surface area contributed by atoms with E-state index in [1.165, 1.54) is 0 Å². The summed E-state index contributed by atoms with van der Waals surface area (Å²) in [6, 6.07) is 9.73. The van der Waals surface area contributed by atoms with E-state index in [-0.39, 0.29) is 6.10 Å². The van der Waals surface area contributed by atoms with Crippen LogP contribution < -0.4 is 15.0 Å². The normalized spacial score (nSPS) is 14.8. The zero-order chi connectivity index (χ0) is 16.1. The lowest BCUT2D eigenvalue weighted by molar-refractivity contribution is 0.122. The van der Waals surface area contributed by atoms with Crippen LogP contribution in [0.15, 0.2) is 36.5 Å². The van der Waals surface area contributed by atoms with Crippen LogP contribution in [0.2, 0.25) is 0 Å². The van der Waals surface area contributed by atoms with E-state index >= 15 is 0 Å². The first-order chi connectivity index (χ1) is 11.2. The van der Waals surface area contributed by atoms with Gasteiger partial charge in [0.2, 0.25) is 5.95 Å². The van der Waals surface area contributed by atoms with Gasteiger partial charge in [0.05, 0.1) is 19.3 Å². The van der Waals surface area contributed by atoms with Gasteiger partial charge in [-0.1, -0.05) is 0 Å². The van der Waals surface area contributed by atoms with Crippen molar-refractivity contribution in [2.75, 3.05) is 36.5 Å². The molecule has 1 saturated heterocycles. The minimum Gasteiger partial charge on any atom is -0.491 e. The molecular weight excluding hydrogens is 292 g/mol. The highest BCUT2D eigenvalue weighted by Crippen LogP contribution is 2.21. The van der Waals surface area contributed by atoms with Gasteiger partial charge in [-0.15, -0.1) is 0 Å². The van der Waals surface area contributed by atoms with Crippen LogP contribution in [-0.4, -0.2) is 42.4 Å². The van der Waals surface area contributed by atoms with Crippen molar-refractivity contribution in [1.29, 1.82) is 0 Å². The van der Waals surface area contributed by atoms with Gasteiger partial charge in [-0.2, -0.15) is 4.98 Å². The third-order valence-corrected chi connectivity index (χ3v) is 3.44. The molecule has 0 unspecified atom stereocenters. The fourth-order valence-corrected chi connectivity index (χ4v) is 2.37. The van der Waals surface area contributed by atoms with Crippen molar-refractivity contribution in [2.24, 2.45) is 0 Å². The van der Waals surface area contributed by atoms with Crippen molar-refractivity contribution in [3.8, 4) is 5.75 Å². The lowest BCUT2D eigenvalue weighted by Gasteiger charge is -2.26. The SMILES string of the molecule is CC(C)Oc1ccc(Nc2ccnc(N3CCOCC3)n2)cc1. The Bertz CT molecular complexity index is 625.